The van der Waals surface area contributed by atoms with Crippen LogP contribution in [0.5, 0.6) is 5.75 Å². The molecule has 31 heavy (non-hydrogen) atoms. The van der Waals surface area contributed by atoms with Gasteiger partial charge < -0.3 is 10.2 Å². The summed E-state index contributed by atoms with van der Waals surface area (Å²) in [6.07, 6.45) is 2.18. The van der Waals surface area contributed by atoms with Crippen LogP contribution in [0.1, 0.15) is 15.9 Å². The van der Waals surface area contributed by atoms with Gasteiger partial charge in [0.05, 0.1) is 16.0 Å². The predicted octanol–water partition coefficient (Wildman–Crippen LogP) is 5.02. The molecule has 8 heteroatoms. The van der Waals surface area contributed by atoms with Crippen molar-refractivity contribution < 1.29 is 23.4 Å². The number of aliphatic hydroxyl groups excluding tert-OH is 1. The summed E-state index contributed by atoms with van der Waals surface area (Å²) in [6, 6.07) is 18.4. The fourth-order valence-electron chi connectivity index (χ4n) is 3.24. The molecule has 0 saturated heterocycles. The summed E-state index contributed by atoms with van der Waals surface area (Å²) in [5, 5.41) is 21.3. The minimum Gasteiger partial charge on any atom is -0.507 e. The summed E-state index contributed by atoms with van der Waals surface area (Å²) in [5.41, 5.74) is 0.409. The molecule has 0 aliphatic heterocycles. The Bertz CT molecular complexity index is 1440. The van der Waals surface area contributed by atoms with Gasteiger partial charge in [0, 0.05) is 28.2 Å². The molecule has 0 aliphatic rings. The van der Waals surface area contributed by atoms with Crippen molar-refractivity contribution >= 4 is 44.1 Å². The number of rotatable bonds is 5. The smallest absolute Gasteiger partial charge is 0.268 e. The first-order valence-electron chi connectivity index (χ1n) is 9.13. The minimum atomic E-state index is -3.97. The van der Waals surface area contributed by atoms with Gasteiger partial charge in [-0.2, -0.15) is 0 Å². The molecule has 6 nitrogen and oxygen atoms in total. The Morgan fingerprint density at radius 1 is 0.935 bits per heavy atom. The van der Waals surface area contributed by atoms with Gasteiger partial charge in [-0.3, -0.25) is 4.79 Å². The van der Waals surface area contributed by atoms with Gasteiger partial charge >= 0.3 is 0 Å². The molecule has 4 aromatic rings. The Hall–Kier alpha value is -3.55. The van der Waals surface area contributed by atoms with E-state index in [1.165, 1.54) is 42.6 Å². The number of ketones is 1. The molecule has 0 bridgehead atoms. The number of carbonyl (C=O) groups excluding carboxylic acids is 1. The number of aromatic nitrogens is 1. The maximum Gasteiger partial charge on any atom is 0.268 e. The molecule has 3 aromatic carbocycles. The number of benzene rings is 3. The molecule has 0 saturated carbocycles. The van der Waals surface area contributed by atoms with Crippen molar-refractivity contribution in [3.8, 4) is 5.75 Å². The molecular formula is C23H16ClNO5S. The van der Waals surface area contributed by atoms with E-state index < -0.39 is 21.6 Å². The normalized spacial score (nSPS) is 12.2. The lowest BCUT2D eigenvalue weighted by Crippen LogP contribution is -2.11. The molecular weight excluding hydrogens is 438 g/mol. The summed E-state index contributed by atoms with van der Waals surface area (Å²) in [5.74, 6) is -1.32. The van der Waals surface area contributed by atoms with Crippen LogP contribution in [0.3, 0.4) is 0 Å². The van der Waals surface area contributed by atoms with Crippen LogP contribution >= 0.6 is 11.6 Å². The third kappa shape index (κ3) is 3.81. The third-order valence-corrected chi connectivity index (χ3v) is 6.67. The van der Waals surface area contributed by atoms with Crippen LogP contribution < -0.4 is 0 Å². The Balaban J connectivity index is 1.89. The molecule has 0 fully saturated rings. The number of halogens is 1. The zero-order valence-corrected chi connectivity index (χ0v) is 17.5. The van der Waals surface area contributed by atoms with E-state index in [1.807, 2.05) is 0 Å². The van der Waals surface area contributed by atoms with Crippen molar-refractivity contribution in [1.29, 1.82) is 0 Å². The lowest BCUT2D eigenvalue weighted by Gasteiger charge is -2.07. The van der Waals surface area contributed by atoms with E-state index in [-0.39, 0.29) is 21.8 Å². The van der Waals surface area contributed by atoms with Crippen LogP contribution in [0.4, 0.5) is 0 Å². The number of hydrogen-bond acceptors (Lipinski definition) is 5. The molecule has 2 N–H and O–H groups in total. The number of allylic oxidation sites excluding steroid dienone is 1. The van der Waals surface area contributed by atoms with Crippen LogP contribution in [0.25, 0.3) is 16.7 Å². The van der Waals surface area contributed by atoms with Crippen LogP contribution in [0, 0.1) is 0 Å². The summed E-state index contributed by atoms with van der Waals surface area (Å²) in [6.45, 7) is 0. The van der Waals surface area contributed by atoms with Crippen LogP contribution in [0.15, 0.2) is 90.0 Å². The van der Waals surface area contributed by atoms with E-state index in [0.717, 1.165) is 10.0 Å². The molecule has 0 atom stereocenters. The highest BCUT2D eigenvalue weighted by Crippen LogP contribution is 2.32. The molecule has 156 valence electrons. The van der Waals surface area contributed by atoms with E-state index in [9.17, 15) is 23.4 Å². The summed E-state index contributed by atoms with van der Waals surface area (Å²) < 4.78 is 27.4. The van der Waals surface area contributed by atoms with E-state index >= 15 is 0 Å². The number of phenols is 1. The molecule has 0 radical (unpaired) electrons. The van der Waals surface area contributed by atoms with E-state index in [4.69, 9.17) is 11.6 Å². The van der Waals surface area contributed by atoms with E-state index in [1.54, 1.807) is 36.4 Å². The lowest BCUT2D eigenvalue weighted by molar-refractivity contribution is 0.104. The quantitative estimate of drug-likeness (QED) is 0.251. The number of phenolic OH excluding ortho intramolecular Hbond substituents is 1. The van der Waals surface area contributed by atoms with E-state index in [2.05, 4.69) is 0 Å². The first kappa shape index (κ1) is 20.7. The number of hydrogen-bond donors (Lipinski definition) is 2. The average molecular weight is 454 g/mol. The minimum absolute atomic E-state index is 0.00716. The number of aromatic hydroxyl groups is 1. The predicted molar refractivity (Wildman–Crippen MR) is 119 cm³/mol. The van der Waals surface area contributed by atoms with Crippen LogP contribution in [-0.2, 0) is 10.0 Å². The molecule has 0 unspecified atom stereocenters. The Morgan fingerprint density at radius 3 is 2.32 bits per heavy atom. The summed E-state index contributed by atoms with van der Waals surface area (Å²) in [7, 11) is -3.97. The molecule has 1 heterocycles. The number of para-hydroxylation sites is 1. The second-order valence-corrected chi connectivity index (χ2v) is 8.98. The first-order valence-corrected chi connectivity index (χ1v) is 11.0. The van der Waals surface area contributed by atoms with Crippen molar-refractivity contribution in [2.75, 3.05) is 0 Å². The maximum atomic E-state index is 13.2. The van der Waals surface area contributed by atoms with Crippen molar-refractivity contribution in [2.45, 2.75) is 4.90 Å². The van der Waals surface area contributed by atoms with Gasteiger partial charge in [-0.1, -0.05) is 41.9 Å². The lowest BCUT2D eigenvalue weighted by atomic mass is 10.1. The van der Waals surface area contributed by atoms with Gasteiger partial charge in [0.2, 0.25) is 0 Å². The zero-order valence-electron chi connectivity index (χ0n) is 15.9. The van der Waals surface area contributed by atoms with Crippen molar-refractivity contribution in [3.63, 3.8) is 0 Å². The highest BCUT2D eigenvalue weighted by molar-refractivity contribution is 7.90. The standard InChI is InChI=1S/C23H16ClNO5S/c24-15-10-11-20-18(12-15)19(14-25(20)31(29,30)16-6-2-1-3-7-16)23(28)13-22(27)17-8-4-5-9-21(17)26/h1-14,26,28H/b23-13+. The first-order chi connectivity index (χ1) is 14.8. The highest BCUT2D eigenvalue weighted by atomic mass is 35.5. The maximum absolute atomic E-state index is 13.2. The monoisotopic (exact) mass is 453 g/mol. The van der Waals surface area contributed by atoms with Gasteiger partial charge in [0.1, 0.15) is 11.5 Å². The van der Waals surface area contributed by atoms with Gasteiger partial charge in [-0.15, -0.1) is 0 Å². The largest absolute Gasteiger partial charge is 0.507 e. The average Bonchev–Trinajstić information content (AvgIpc) is 3.14. The van der Waals surface area contributed by atoms with Gasteiger partial charge in [0.25, 0.3) is 10.0 Å². The van der Waals surface area contributed by atoms with Gasteiger partial charge in [-0.05, 0) is 42.5 Å². The fraction of sp³-hybridized carbons (Fsp3) is 0. The Morgan fingerprint density at radius 2 is 1.61 bits per heavy atom. The molecule has 1 aromatic heterocycles. The Labute approximate surface area is 183 Å². The number of aliphatic hydroxyl groups is 1. The number of nitrogens with zero attached hydrogens (tertiary/aromatic N) is 1. The topological polar surface area (TPSA) is 96.6 Å². The van der Waals surface area contributed by atoms with Crippen molar-refractivity contribution in [3.05, 3.63) is 101 Å². The van der Waals surface area contributed by atoms with Crippen LogP contribution in [-0.4, -0.2) is 28.4 Å². The Kier molecular flexibility index (Phi) is 5.31. The van der Waals surface area contributed by atoms with Gasteiger partial charge in [-0.25, -0.2) is 12.4 Å². The molecule has 4 rings (SSSR count). The third-order valence-electron chi connectivity index (χ3n) is 4.75. The second-order valence-electron chi connectivity index (χ2n) is 6.73. The number of fused-ring (bicyclic) bond motifs is 1. The van der Waals surface area contributed by atoms with Crippen molar-refractivity contribution in [1.82, 2.24) is 3.97 Å². The van der Waals surface area contributed by atoms with Crippen LogP contribution in [0.2, 0.25) is 5.02 Å². The summed E-state index contributed by atoms with van der Waals surface area (Å²) in [4.78, 5) is 12.6. The molecule has 0 aliphatic carbocycles. The second kappa shape index (κ2) is 7.94. The highest BCUT2D eigenvalue weighted by Gasteiger charge is 2.23. The van der Waals surface area contributed by atoms with Gasteiger partial charge in [0.15, 0.2) is 5.78 Å². The van der Waals surface area contributed by atoms with E-state index in [0.29, 0.717) is 15.9 Å². The SMILES string of the molecule is O=C(/C=C(/O)c1cn(S(=O)(=O)c2ccccc2)c2ccc(Cl)cc12)c1ccccc1O. The fourth-order valence-corrected chi connectivity index (χ4v) is 4.81. The molecule has 0 spiro atoms. The number of carbonyl (C=O) groups is 1. The summed E-state index contributed by atoms with van der Waals surface area (Å²) >= 11 is 6.10. The molecule has 0 amide bonds. The zero-order chi connectivity index (χ0) is 22.2. The van der Waals surface area contributed by atoms with Crippen molar-refractivity contribution in [2.24, 2.45) is 0 Å².